The van der Waals surface area contributed by atoms with Crippen molar-refractivity contribution in [1.29, 1.82) is 0 Å². The third kappa shape index (κ3) is 9.47. The van der Waals surface area contributed by atoms with Gasteiger partial charge < -0.3 is 16.0 Å². The zero-order chi connectivity index (χ0) is 21.2. The van der Waals surface area contributed by atoms with E-state index in [1.165, 1.54) is 0 Å². The van der Waals surface area contributed by atoms with Crippen molar-refractivity contribution in [3.05, 3.63) is 35.4 Å². The van der Waals surface area contributed by atoms with E-state index in [1.807, 2.05) is 6.92 Å². The van der Waals surface area contributed by atoms with Crippen LogP contribution in [0.2, 0.25) is 0 Å². The molecular formula is C18H28N4O5S. The van der Waals surface area contributed by atoms with E-state index in [4.69, 9.17) is 0 Å². The van der Waals surface area contributed by atoms with E-state index in [9.17, 15) is 22.8 Å². The van der Waals surface area contributed by atoms with Crippen LogP contribution < -0.4 is 20.7 Å². The fraction of sp³-hybridized carbons (Fsp3) is 0.500. The molecule has 0 bridgehead atoms. The first-order valence-corrected chi connectivity index (χ1v) is 10.7. The normalized spacial score (nSPS) is 11.1. The SMILES string of the molecule is CCNC(=O)c1cccc(CNC(=O)CCS(=O)(=O)NCC(=O)NC(C)C)c1. The quantitative estimate of drug-likeness (QED) is 0.402. The van der Waals surface area contributed by atoms with Crippen molar-refractivity contribution in [2.45, 2.75) is 39.8 Å². The smallest absolute Gasteiger partial charge is 0.251 e. The molecular weight excluding hydrogens is 384 g/mol. The number of hydrogen-bond acceptors (Lipinski definition) is 5. The first kappa shape index (κ1) is 23.6. The molecule has 0 fully saturated rings. The van der Waals surface area contributed by atoms with E-state index in [-0.39, 0.29) is 31.5 Å². The predicted octanol–water partition coefficient (Wildman–Crippen LogP) is -0.113. The maximum Gasteiger partial charge on any atom is 0.251 e. The molecule has 0 saturated carbocycles. The van der Waals surface area contributed by atoms with E-state index < -0.39 is 27.6 Å². The second kappa shape index (κ2) is 11.4. The van der Waals surface area contributed by atoms with Crippen LogP contribution in [0.5, 0.6) is 0 Å². The summed E-state index contributed by atoms with van der Waals surface area (Å²) >= 11 is 0. The van der Waals surface area contributed by atoms with Crippen molar-refractivity contribution in [3.63, 3.8) is 0 Å². The summed E-state index contributed by atoms with van der Waals surface area (Å²) in [5, 5.41) is 7.88. The molecule has 1 rings (SSSR count). The second-order valence-electron chi connectivity index (χ2n) is 6.45. The van der Waals surface area contributed by atoms with Crippen LogP contribution in [0.25, 0.3) is 0 Å². The Morgan fingerprint density at radius 2 is 1.79 bits per heavy atom. The lowest BCUT2D eigenvalue weighted by Crippen LogP contribution is -2.41. The lowest BCUT2D eigenvalue weighted by atomic mass is 10.1. The van der Waals surface area contributed by atoms with Gasteiger partial charge in [0.15, 0.2) is 0 Å². The molecule has 0 aromatic heterocycles. The molecule has 9 nitrogen and oxygen atoms in total. The molecule has 0 saturated heterocycles. The van der Waals surface area contributed by atoms with Gasteiger partial charge in [0.25, 0.3) is 5.91 Å². The van der Waals surface area contributed by atoms with E-state index in [0.29, 0.717) is 12.1 Å². The summed E-state index contributed by atoms with van der Waals surface area (Å²) in [7, 11) is -3.74. The summed E-state index contributed by atoms with van der Waals surface area (Å²) in [6.45, 7) is 5.68. The van der Waals surface area contributed by atoms with Gasteiger partial charge in [0.2, 0.25) is 21.8 Å². The lowest BCUT2D eigenvalue weighted by molar-refractivity contribution is -0.121. The highest BCUT2D eigenvalue weighted by Gasteiger charge is 2.15. The minimum absolute atomic E-state index is 0.0886. The van der Waals surface area contributed by atoms with Crippen LogP contribution in [-0.2, 0) is 26.2 Å². The fourth-order valence-electron chi connectivity index (χ4n) is 2.22. The Bertz CT molecular complexity index is 793. The molecule has 0 radical (unpaired) electrons. The van der Waals surface area contributed by atoms with E-state index in [1.54, 1.807) is 38.1 Å². The van der Waals surface area contributed by atoms with Gasteiger partial charge in [0.1, 0.15) is 0 Å². The first-order valence-electron chi connectivity index (χ1n) is 9.03. The van der Waals surface area contributed by atoms with Gasteiger partial charge in [-0.25, -0.2) is 13.1 Å². The monoisotopic (exact) mass is 412 g/mol. The van der Waals surface area contributed by atoms with Crippen LogP contribution in [0.4, 0.5) is 0 Å². The van der Waals surface area contributed by atoms with Gasteiger partial charge in [0.05, 0.1) is 12.3 Å². The first-order chi connectivity index (χ1) is 13.1. The molecule has 156 valence electrons. The summed E-state index contributed by atoms with van der Waals surface area (Å²) in [6.07, 6.45) is -0.239. The highest BCUT2D eigenvalue weighted by Crippen LogP contribution is 2.05. The van der Waals surface area contributed by atoms with Crippen molar-refractivity contribution >= 4 is 27.7 Å². The molecule has 1 aromatic rings. The molecule has 1 aromatic carbocycles. The molecule has 0 spiro atoms. The standard InChI is InChI=1S/C18H28N4O5S/c1-4-19-18(25)15-7-5-6-14(10-15)11-20-16(23)8-9-28(26,27)21-12-17(24)22-13(2)3/h5-7,10,13,21H,4,8-9,11-12H2,1-3H3,(H,19,25)(H,20,23)(H,22,24). The molecule has 0 heterocycles. The minimum atomic E-state index is -3.74. The van der Waals surface area contributed by atoms with Crippen molar-refractivity contribution in [3.8, 4) is 0 Å². The van der Waals surface area contributed by atoms with Crippen molar-refractivity contribution in [2.75, 3.05) is 18.8 Å². The Morgan fingerprint density at radius 1 is 1.07 bits per heavy atom. The van der Waals surface area contributed by atoms with Crippen LogP contribution in [0.15, 0.2) is 24.3 Å². The number of sulfonamides is 1. The third-order valence-corrected chi connectivity index (χ3v) is 4.84. The number of nitrogens with one attached hydrogen (secondary N) is 4. The molecule has 10 heteroatoms. The van der Waals surface area contributed by atoms with Crippen molar-refractivity contribution in [2.24, 2.45) is 0 Å². The lowest BCUT2D eigenvalue weighted by Gasteiger charge is -2.10. The summed E-state index contributed by atoms with van der Waals surface area (Å²) in [5.74, 6) is -1.50. The highest BCUT2D eigenvalue weighted by molar-refractivity contribution is 7.89. The Kier molecular flexibility index (Phi) is 9.60. The van der Waals surface area contributed by atoms with Crippen LogP contribution in [-0.4, -0.2) is 51.0 Å². The fourth-order valence-corrected chi connectivity index (χ4v) is 3.17. The molecule has 0 aliphatic carbocycles. The van der Waals surface area contributed by atoms with Crippen molar-refractivity contribution < 1.29 is 22.8 Å². The van der Waals surface area contributed by atoms with Gasteiger partial charge >= 0.3 is 0 Å². The Morgan fingerprint density at radius 3 is 2.43 bits per heavy atom. The summed E-state index contributed by atoms with van der Waals surface area (Å²) in [5.41, 5.74) is 1.21. The molecule has 0 aliphatic heterocycles. The maximum absolute atomic E-state index is 11.9. The van der Waals surface area contributed by atoms with Gasteiger partial charge in [-0.1, -0.05) is 12.1 Å². The maximum atomic E-state index is 11.9. The number of carbonyl (C=O) groups excluding carboxylic acids is 3. The Labute approximate surface area is 165 Å². The van der Waals surface area contributed by atoms with E-state index >= 15 is 0 Å². The van der Waals surface area contributed by atoms with Gasteiger partial charge in [-0.3, -0.25) is 14.4 Å². The Hall–Kier alpha value is -2.46. The predicted molar refractivity (Wildman–Crippen MR) is 106 cm³/mol. The second-order valence-corrected chi connectivity index (χ2v) is 8.38. The number of rotatable bonds is 11. The zero-order valence-corrected chi connectivity index (χ0v) is 17.2. The van der Waals surface area contributed by atoms with Crippen molar-refractivity contribution in [1.82, 2.24) is 20.7 Å². The van der Waals surface area contributed by atoms with Crippen LogP contribution in [0.1, 0.15) is 43.1 Å². The van der Waals surface area contributed by atoms with Crippen LogP contribution in [0, 0.1) is 0 Å². The molecule has 3 amide bonds. The largest absolute Gasteiger partial charge is 0.353 e. The molecule has 0 aliphatic rings. The number of hydrogen-bond donors (Lipinski definition) is 4. The zero-order valence-electron chi connectivity index (χ0n) is 16.4. The van der Waals surface area contributed by atoms with Gasteiger partial charge in [-0.15, -0.1) is 0 Å². The highest BCUT2D eigenvalue weighted by atomic mass is 32.2. The Balaban J connectivity index is 2.43. The molecule has 4 N–H and O–H groups in total. The molecule has 0 atom stereocenters. The third-order valence-electron chi connectivity index (χ3n) is 3.52. The summed E-state index contributed by atoms with van der Waals surface area (Å²) < 4.78 is 25.9. The average molecular weight is 413 g/mol. The van der Waals surface area contributed by atoms with E-state index in [2.05, 4.69) is 20.7 Å². The average Bonchev–Trinajstić information content (AvgIpc) is 2.63. The summed E-state index contributed by atoms with van der Waals surface area (Å²) in [6, 6.07) is 6.72. The van der Waals surface area contributed by atoms with Gasteiger partial charge in [0, 0.05) is 31.1 Å². The molecule has 0 unspecified atom stereocenters. The van der Waals surface area contributed by atoms with Gasteiger partial charge in [-0.05, 0) is 38.5 Å². The summed E-state index contributed by atoms with van der Waals surface area (Å²) in [4.78, 5) is 35.2. The van der Waals surface area contributed by atoms with Crippen LogP contribution >= 0.6 is 0 Å². The number of amides is 3. The minimum Gasteiger partial charge on any atom is -0.353 e. The topological polar surface area (TPSA) is 133 Å². The number of benzene rings is 1. The van der Waals surface area contributed by atoms with Crippen LogP contribution in [0.3, 0.4) is 0 Å². The van der Waals surface area contributed by atoms with Gasteiger partial charge in [-0.2, -0.15) is 0 Å². The number of carbonyl (C=O) groups is 3. The molecule has 28 heavy (non-hydrogen) atoms. The van der Waals surface area contributed by atoms with E-state index in [0.717, 1.165) is 5.56 Å².